The van der Waals surface area contributed by atoms with E-state index < -0.39 is 0 Å². The minimum Gasteiger partial charge on any atom is -0.494 e. The van der Waals surface area contributed by atoms with E-state index in [1.165, 1.54) is 23.8 Å². The van der Waals surface area contributed by atoms with Crippen molar-refractivity contribution in [1.29, 1.82) is 0 Å². The minimum absolute atomic E-state index is 0.0683. The van der Waals surface area contributed by atoms with Crippen LogP contribution in [-0.4, -0.2) is 53.6 Å². The molecule has 2 aromatic carbocycles. The first-order valence-electron chi connectivity index (χ1n) is 9.04. The first-order valence-corrected chi connectivity index (χ1v) is 9.04. The summed E-state index contributed by atoms with van der Waals surface area (Å²) in [5, 5.41) is 0. The topological polar surface area (TPSA) is 70.6 Å². The average Bonchev–Trinajstić information content (AvgIpc) is 3.01. The normalized spacial score (nSPS) is 14.5. The molecule has 0 radical (unpaired) electrons. The Morgan fingerprint density at radius 1 is 1.11 bits per heavy atom. The van der Waals surface area contributed by atoms with Gasteiger partial charge in [-0.1, -0.05) is 0 Å². The largest absolute Gasteiger partial charge is 0.494 e. The highest BCUT2D eigenvalue weighted by molar-refractivity contribution is 5.97. The van der Waals surface area contributed by atoms with Gasteiger partial charge >= 0.3 is 5.69 Å². The second kappa shape index (κ2) is 7.03. The maximum absolute atomic E-state index is 13.4. The Bertz CT molecular complexity index is 1100. The Kier molecular flexibility index (Phi) is 4.54. The lowest BCUT2D eigenvalue weighted by Gasteiger charge is -2.36. The molecule has 2 heterocycles. The van der Waals surface area contributed by atoms with Crippen LogP contribution in [0.25, 0.3) is 11.0 Å². The van der Waals surface area contributed by atoms with Gasteiger partial charge in [0, 0.05) is 44.9 Å². The molecule has 0 atom stereocenters. The van der Waals surface area contributed by atoms with Crippen LogP contribution in [0, 0.1) is 5.82 Å². The summed E-state index contributed by atoms with van der Waals surface area (Å²) >= 11 is 0. The highest BCUT2D eigenvalue weighted by Crippen LogP contribution is 2.30. The molecule has 4 rings (SSSR count). The molecule has 1 N–H and O–H groups in total. The Morgan fingerprint density at radius 3 is 2.57 bits per heavy atom. The van der Waals surface area contributed by atoms with Crippen molar-refractivity contribution in [1.82, 2.24) is 14.5 Å². The van der Waals surface area contributed by atoms with Gasteiger partial charge in [0.05, 0.1) is 23.8 Å². The molecule has 0 aliphatic carbocycles. The summed E-state index contributed by atoms with van der Waals surface area (Å²) in [7, 11) is 3.19. The van der Waals surface area contributed by atoms with Gasteiger partial charge in [-0.15, -0.1) is 0 Å². The molecule has 28 heavy (non-hydrogen) atoms. The summed E-state index contributed by atoms with van der Waals surface area (Å²) < 4.78 is 20.2. The molecule has 0 saturated carbocycles. The van der Waals surface area contributed by atoms with Crippen LogP contribution < -0.4 is 15.3 Å². The maximum atomic E-state index is 13.4. The van der Waals surface area contributed by atoms with Crippen LogP contribution >= 0.6 is 0 Å². The number of nitrogens with zero attached hydrogens (tertiary/aromatic N) is 3. The number of carbonyl (C=O) groups excluding carboxylic acids is 1. The summed E-state index contributed by atoms with van der Waals surface area (Å²) in [6, 6.07) is 9.70. The number of methoxy groups -OCH3 is 1. The van der Waals surface area contributed by atoms with Gasteiger partial charge in [-0.25, -0.2) is 9.18 Å². The number of H-pyrrole nitrogens is 1. The van der Waals surface area contributed by atoms with Crippen molar-refractivity contribution in [2.75, 3.05) is 38.2 Å². The summed E-state index contributed by atoms with van der Waals surface area (Å²) in [5.74, 6) is 0.0730. The van der Waals surface area contributed by atoms with Crippen LogP contribution in [0.1, 0.15) is 10.4 Å². The third-order valence-corrected chi connectivity index (χ3v) is 5.20. The Balaban J connectivity index is 1.50. The number of piperazine rings is 1. The van der Waals surface area contributed by atoms with Crippen molar-refractivity contribution < 1.29 is 13.9 Å². The van der Waals surface area contributed by atoms with E-state index >= 15 is 0 Å². The fraction of sp³-hybridized carbons (Fsp3) is 0.300. The Labute approximate surface area is 160 Å². The molecule has 1 aromatic heterocycles. The van der Waals surface area contributed by atoms with Crippen molar-refractivity contribution in [3.63, 3.8) is 0 Å². The molecule has 146 valence electrons. The number of amides is 1. The van der Waals surface area contributed by atoms with Crippen molar-refractivity contribution in [2.24, 2.45) is 7.05 Å². The van der Waals surface area contributed by atoms with Crippen molar-refractivity contribution >= 4 is 22.6 Å². The van der Waals surface area contributed by atoms with Crippen LogP contribution in [0.5, 0.6) is 5.75 Å². The molecule has 1 fully saturated rings. The van der Waals surface area contributed by atoms with Gasteiger partial charge in [0.15, 0.2) is 0 Å². The van der Waals surface area contributed by atoms with Gasteiger partial charge in [-0.05, 0) is 30.3 Å². The lowest BCUT2D eigenvalue weighted by Crippen LogP contribution is -2.48. The first-order chi connectivity index (χ1) is 13.5. The van der Waals surface area contributed by atoms with E-state index in [4.69, 9.17) is 4.74 Å². The van der Waals surface area contributed by atoms with Gasteiger partial charge in [0.1, 0.15) is 11.6 Å². The number of benzene rings is 2. The molecule has 3 aromatic rings. The number of carbonyl (C=O) groups is 1. The summed E-state index contributed by atoms with van der Waals surface area (Å²) in [5.41, 5.74) is 2.57. The Morgan fingerprint density at radius 2 is 1.86 bits per heavy atom. The number of anilines is 1. The van der Waals surface area contributed by atoms with Crippen molar-refractivity contribution in [3.05, 3.63) is 58.3 Å². The van der Waals surface area contributed by atoms with E-state index in [-0.39, 0.29) is 17.4 Å². The molecular weight excluding hydrogens is 363 g/mol. The predicted molar refractivity (Wildman–Crippen MR) is 105 cm³/mol. The lowest BCUT2D eigenvalue weighted by atomic mass is 10.1. The van der Waals surface area contributed by atoms with E-state index in [0.717, 1.165) is 5.69 Å². The zero-order valence-corrected chi connectivity index (χ0v) is 15.7. The van der Waals surface area contributed by atoms with Gasteiger partial charge in [-0.3, -0.25) is 9.36 Å². The van der Waals surface area contributed by atoms with Crippen molar-refractivity contribution in [2.45, 2.75) is 0 Å². The number of aromatic amines is 1. The number of hydrogen-bond acceptors (Lipinski definition) is 4. The number of fused-ring (bicyclic) bond motifs is 1. The molecule has 1 amide bonds. The molecule has 1 aliphatic rings. The van der Waals surface area contributed by atoms with E-state index in [0.29, 0.717) is 48.5 Å². The summed E-state index contributed by atoms with van der Waals surface area (Å²) in [6.45, 7) is 2.34. The first kappa shape index (κ1) is 18.1. The summed E-state index contributed by atoms with van der Waals surface area (Å²) in [6.07, 6.45) is 0. The molecule has 1 aliphatic heterocycles. The number of ether oxygens (including phenoxy) is 1. The fourth-order valence-electron chi connectivity index (χ4n) is 3.60. The second-order valence-electron chi connectivity index (χ2n) is 6.82. The highest BCUT2D eigenvalue weighted by Gasteiger charge is 2.24. The number of hydrogen-bond donors (Lipinski definition) is 1. The molecule has 0 spiro atoms. The smallest absolute Gasteiger partial charge is 0.326 e. The van der Waals surface area contributed by atoms with Gasteiger partial charge in [-0.2, -0.15) is 0 Å². The zero-order valence-electron chi connectivity index (χ0n) is 15.7. The van der Waals surface area contributed by atoms with Crippen LogP contribution in [-0.2, 0) is 7.05 Å². The van der Waals surface area contributed by atoms with Gasteiger partial charge in [0.25, 0.3) is 5.91 Å². The molecule has 0 unspecified atom stereocenters. The summed E-state index contributed by atoms with van der Waals surface area (Å²) in [4.78, 5) is 31.3. The lowest BCUT2D eigenvalue weighted by molar-refractivity contribution is 0.0747. The second-order valence-corrected chi connectivity index (χ2v) is 6.82. The number of imidazole rings is 1. The number of aryl methyl sites for hydroxylation is 1. The number of rotatable bonds is 3. The number of nitrogens with one attached hydrogen (secondary N) is 1. The van der Waals surface area contributed by atoms with Crippen LogP contribution in [0.4, 0.5) is 10.1 Å². The quantitative estimate of drug-likeness (QED) is 0.750. The molecule has 0 bridgehead atoms. The molecule has 8 heteroatoms. The third-order valence-electron chi connectivity index (χ3n) is 5.20. The molecule has 1 saturated heterocycles. The van der Waals surface area contributed by atoms with E-state index in [1.807, 2.05) is 0 Å². The monoisotopic (exact) mass is 384 g/mol. The van der Waals surface area contributed by atoms with Crippen LogP contribution in [0.3, 0.4) is 0 Å². The number of aromatic nitrogens is 2. The molecule has 7 nitrogen and oxygen atoms in total. The molecular formula is C20H21FN4O3. The van der Waals surface area contributed by atoms with Crippen LogP contribution in [0.15, 0.2) is 41.2 Å². The predicted octanol–water partition coefficient (Wildman–Crippen LogP) is 1.98. The van der Waals surface area contributed by atoms with E-state index in [1.54, 1.807) is 36.2 Å². The van der Waals surface area contributed by atoms with Gasteiger partial charge in [0.2, 0.25) is 0 Å². The maximum Gasteiger partial charge on any atom is 0.326 e. The van der Waals surface area contributed by atoms with Gasteiger partial charge < -0.3 is 19.5 Å². The standard InChI is InChI=1S/C20H21FN4O3/c1-23-17-11-13(3-5-15(17)22-20(23)27)19(26)25-9-7-24(8-10-25)16-6-4-14(21)12-18(16)28-2/h3-6,11-12H,7-10H2,1-2H3,(H,22,27). The van der Waals surface area contributed by atoms with Crippen molar-refractivity contribution in [3.8, 4) is 5.75 Å². The van der Waals surface area contributed by atoms with E-state index in [9.17, 15) is 14.0 Å². The highest BCUT2D eigenvalue weighted by atomic mass is 19.1. The fourth-order valence-corrected chi connectivity index (χ4v) is 3.60. The third kappa shape index (κ3) is 3.11. The average molecular weight is 384 g/mol. The Hall–Kier alpha value is -3.29. The number of halogens is 1. The van der Waals surface area contributed by atoms with E-state index in [2.05, 4.69) is 9.88 Å². The van der Waals surface area contributed by atoms with Crippen LogP contribution in [0.2, 0.25) is 0 Å². The minimum atomic E-state index is -0.344. The zero-order chi connectivity index (χ0) is 19.8. The SMILES string of the molecule is COc1cc(F)ccc1N1CCN(C(=O)c2ccc3[nH]c(=O)n(C)c3c2)CC1.